The molecule has 3 aliphatic rings. The predicted molar refractivity (Wildman–Crippen MR) is 157 cm³/mol. The molecule has 1 N–H and O–H groups in total. The van der Waals surface area contributed by atoms with Crippen LogP contribution in [0.4, 0.5) is 5.82 Å². The smallest absolute Gasteiger partial charge is 0.226 e. The number of amides is 1. The van der Waals surface area contributed by atoms with Crippen LogP contribution in [0.25, 0.3) is 22.0 Å². The van der Waals surface area contributed by atoms with Crippen LogP contribution in [-0.2, 0) is 25.8 Å². The minimum absolute atomic E-state index is 0.0948. The lowest BCUT2D eigenvalue weighted by molar-refractivity contribution is -0.121. The summed E-state index contributed by atoms with van der Waals surface area (Å²) in [6, 6.07) is 14.2. The zero-order valence-corrected chi connectivity index (χ0v) is 24.1. The second-order valence-electron chi connectivity index (χ2n) is 11.8. The topological polar surface area (TPSA) is 101 Å². The summed E-state index contributed by atoms with van der Waals surface area (Å²) in [7, 11) is -3.06. The normalized spacial score (nSPS) is 25.6. The first kappa shape index (κ1) is 27.1. The van der Waals surface area contributed by atoms with E-state index in [0.717, 1.165) is 66.6 Å². The van der Waals surface area contributed by atoms with Gasteiger partial charge in [-0.25, -0.2) is 13.4 Å². The average Bonchev–Trinajstić information content (AvgIpc) is 3.79. The number of fused-ring (bicyclic) bond motifs is 1. The van der Waals surface area contributed by atoms with E-state index in [0.29, 0.717) is 18.5 Å². The molecule has 40 heavy (non-hydrogen) atoms. The highest BCUT2D eigenvalue weighted by Crippen LogP contribution is 2.36. The van der Waals surface area contributed by atoms with Gasteiger partial charge >= 0.3 is 0 Å². The summed E-state index contributed by atoms with van der Waals surface area (Å²) in [6.45, 7) is 5.81. The molecule has 6 rings (SSSR count). The highest BCUT2D eigenvalue weighted by Gasteiger charge is 2.43. The zero-order valence-electron chi connectivity index (χ0n) is 23.3. The van der Waals surface area contributed by atoms with Gasteiger partial charge in [0.25, 0.3) is 0 Å². The largest absolute Gasteiger partial charge is 0.372 e. The van der Waals surface area contributed by atoms with E-state index in [1.807, 2.05) is 30.3 Å². The van der Waals surface area contributed by atoms with Gasteiger partial charge in [0.2, 0.25) is 5.91 Å². The van der Waals surface area contributed by atoms with Crippen LogP contribution in [0.5, 0.6) is 0 Å². The molecule has 1 saturated heterocycles. The Hall–Kier alpha value is -3.04. The van der Waals surface area contributed by atoms with Crippen molar-refractivity contribution >= 4 is 32.3 Å². The number of hydrogen-bond donors (Lipinski definition) is 1. The summed E-state index contributed by atoms with van der Waals surface area (Å²) >= 11 is 0. The standard InChI is InChI=1S/C31H38N4O4S/c1-20-18-35(19-21(2)39-20)30-8-4-7-29(34-30)22-9-10-23-17-32-26(14-24(23)13-22)16-31(36)33-25-5-3-6-28(15-25)40(37,38)27-11-12-27/h4,7-10,13-14,17,20-21,25,27-28H,3,5-6,11-12,15-16,18-19H2,1-2H3,(H,33,36)/t20-,21+,25?,28?. The number of aromatic nitrogens is 2. The van der Waals surface area contributed by atoms with Crippen LogP contribution < -0.4 is 10.2 Å². The molecule has 0 radical (unpaired) electrons. The van der Waals surface area contributed by atoms with Crippen molar-refractivity contribution in [1.29, 1.82) is 0 Å². The SMILES string of the molecule is C[C@@H]1CN(c2cccc(-c3ccc4cnc(CC(=O)NC5CCCC(S(=O)(=O)C6CC6)C5)cc4c3)n2)C[C@H](C)O1. The number of carbonyl (C=O) groups is 1. The minimum atomic E-state index is -3.06. The van der Waals surface area contributed by atoms with Gasteiger partial charge in [-0.1, -0.05) is 24.6 Å². The average molecular weight is 563 g/mol. The third-order valence-electron chi connectivity index (χ3n) is 8.34. The molecule has 2 unspecified atom stereocenters. The molecule has 2 saturated carbocycles. The number of carbonyl (C=O) groups excluding carboxylic acids is 1. The highest BCUT2D eigenvalue weighted by atomic mass is 32.2. The van der Waals surface area contributed by atoms with E-state index in [-0.39, 0.29) is 41.1 Å². The van der Waals surface area contributed by atoms with Gasteiger partial charge in [0, 0.05) is 36.3 Å². The van der Waals surface area contributed by atoms with Crippen LogP contribution in [0.1, 0.15) is 58.1 Å². The fraction of sp³-hybridized carbons (Fsp3) is 0.516. The van der Waals surface area contributed by atoms with E-state index < -0.39 is 9.84 Å². The molecule has 3 aromatic rings. The van der Waals surface area contributed by atoms with Crippen molar-refractivity contribution in [1.82, 2.24) is 15.3 Å². The molecule has 1 aliphatic heterocycles. The molecule has 3 heterocycles. The Bertz CT molecular complexity index is 1500. The van der Waals surface area contributed by atoms with Crippen molar-refractivity contribution in [2.24, 2.45) is 0 Å². The first-order valence-corrected chi connectivity index (χ1v) is 16.1. The number of benzene rings is 1. The zero-order chi connectivity index (χ0) is 27.9. The molecule has 1 aromatic carbocycles. The van der Waals surface area contributed by atoms with Gasteiger partial charge in [0.1, 0.15) is 5.82 Å². The Morgan fingerprint density at radius 1 is 1.00 bits per heavy atom. The van der Waals surface area contributed by atoms with Gasteiger partial charge in [0.05, 0.1) is 40.5 Å². The number of nitrogens with zero attached hydrogens (tertiary/aromatic N) is 3. The molecule has 3 fully saturated rings. The van der Waals surface area contributed by atoms with E-state index in [1.165, 1.54) is 0 Å². The number of rotatable bonds is 7. The molecule has 212 valence electrons. The van der Waals surface area contributed by atoms with Gasteiger partial charge < -0.3 is 15.0 Å². The van der Waals surface area contributed by atoms with Crippen molar-refractivity contribution in [3.63, 3.8) is 0 Å². The maximum atomic E-state index is 12.9. The molecule has 8 nitrogen and oxygen atoms in total. The predicted octanol–water partition coefficient (Wildman–Crippen LogP) is 4.46. The number of anilines is 1. The van der Waals surface area contributed by atoms with Gasteiger partial charge in [-0.3, -0.25) is 9.78 Å². The second-order valence-corrected chi connectivity index (χ2v) is 14.3. The summed E-state index contributed by atoms with van der Waals surface area (Å²) in [5.74, 6) is 0.836. The summed E-state index contributed by atoms with van der Waals surface area (Å²) < 4.78 is 31.3. The number of pyridine rings is 2. The number of nitrogens with one attached hydrogen (secondary N) is 1. The molecule has 2 aromatic heterocycles. The van der Waals surface area contributed by atoms with Crippen molar-refractivity contribution < 1.29 is 17.9 Å². The lowest BCUT2D eigenvalue weighted by Gasteiger charge is -2.36. The maximum Gasteiger partial charge on any atom is 0.226 e. The molecule has 0 bridgehead atoms. The Kier molecular flexibility index (Phi) is 7.52. The van der Waals surface area contributed by atoms with Crippen molar-refractivity contribution in [2.45, 2.75) is 87.5 Å². The van der Waals surface area contributed by atoms with Gasteiger partial charge in [-0.15, -0.1) is 0 Å². The van der Waals surface area contributed by atoms with Crippen molar-refractivity contribution in [3.05, 3.63) is 54.4 Å². The number of hydrogen-bond acceptors (Lipinski definition) is 7. The second kappa shape index (κ2) is 11.1. The molecular formula is C31H38N4O4S. The molecule has 1 amide bonds. The number of sulfone groups is 1. The van der Waals surface area contributed by atoms with Crippen LogP contribution in [0.2, 0.25) is 0 Å². The third kappa shape index (κ3) is 6.00. The van der Waals surface area contributed by atoms with Crippen LogP contribution in [-0.4, -0.2) is 66.1 Å². The lowest BCUT2D eigenvalue weighted by Crippen LogP contribution is -2.45. The molecule has 9 heteroatoms. The van der Waals surface area contributed by atoms with Crippen molar-refractivity contribution in [3.8, 4) is 11.3 Å². The van der Waals surface area contributed by atoms with E-state index >= 15 is 0 Å². The first-order valence-electron chi connectivity index (χ1n) is 14.5. The molecule has 0 spiro atoms. The molecule has 2 aliphatic carbocycles. The van der Waals surface area contributed by atoms with Gasteiger partial charge in [-0.2, -0.15) is 0 Å². The highest BCUT2D eigenvalue weighted by molar-refractivity contribution is 7.92. The summed E-state index contributed by atoms with van der Waals surface area (Å²) in [5.41, 5.74) is 2.60. The van der Waals surface area contributed by atoms with Gasteiger partial charge in [-0.05, 0) is 75.6 Å². The third-order valence-corrected chi connectivity index (χ3v) is 11.1. The maximum absolute atomic E-state index is 12.9. The van der Waals surface area contributed by atoms with Crippen LogP contribution in [0.3, 0.4) is 0 Å². The molecule has 4 atom stereocenters. The van der Waals surface area contributed by atoms with E-state index in [1.54, 1.807) is 6.20 Å². The van der Waals surface area contributed by atoms with E-state index in [4.69, 9.17) is 9.72 Å². The summed E-state index contributed by atoms with van der Waals surface area (Å²) in [6.07, 6.45) is 6.76. The lowest BCUT2D eigenvalue weighted by atomic mass is 9.95. The van der Waals surface area contributed by atoms with Crippen molar-refractivity contribution in [2.75, 3.05) is 18.0 Å². The number of ether oxygens (including phenoxy) is 1. The van der Waals surface area contributed by atoms with Gasteiger partial charge in [0.15, 0.2) is 9.84 Å². The minimum Gasteiger partial charge on any atom is -0.372 e. The summed E-state index contributed by atoms with van der Waals surface area (Å²) in [5, 5.41) is 4.62. The Balaban J connectivity index is 1.14. The Labute approximate surface area is 236 Å². The summed E-state index contributed by atoms with van der Waals surface area (Å²) in [4.78, 5) is 24.7. The van der Waals surface area contributed by atoms with Crippen LogP contribution >= 0.6 is 0 Å². The number of morpholine rings is 1. The van der Waals surface area contributed by atoms with E-state index in [2.05, 4.69) is 41.2 Å². The Morgan fingerprint density at radius 3 is 2.58 bits per heavy atom. The first-order chi connectivity index (χ1) is 19.2. The van der Waals surface area contributed by atoms with E-state index in [9.17, 15) is 13.2 Å². The Morgan fingerprint density at radius 2 is 1.80 bits per heavy atom. The fourth-order valence-electron chi connectivity index (χ4n) is 6.25. The monoisotopic (exact) mass is 562 g/mol. The van der Waals surface area contributed by atoms with Crippen LogP contribution in [0, 0.1) is 0 Å². The van der Waals surface area contributed by atoms with Crippen LogP contribution in [0.15, 0.2) is 48.7 Å². The fourth-order valence-corrected chi connectivity index (χ4v) is 8.59. The quantitative estimate of drug-likeness (QED) is 0.454. The molecular weight excluding hydrogens is 524 g/mol.